The lowest BCUT2D eigenvalue weighted by molar-refractivity contribution is -0.384. The molecule has 0 spiro atoms. The van der Waals surface area contributed by atoms with E-state index in [1.165, 1.54) is 37.4 Å². The molecule has 1 amide bonds. The van der Waals surface area contributed by atoms with Gasteiger partial charge in [-0.15, -0.1) is 0 Å². The Labute approximate surface area is 125 Å². The fourth-order valence-corrected chi connectivity index (χ4v) is 1.91. The van der Waals surface area contributed by atoms with Crippen LogP contribution in [0.25, 0.3) is 0 Å². The molecule has 0 aliphatic heterocycles. The summed E-state index contributed by atoms with van der Waals surface area (Å²) < 4.78 is 18.3. The molecule has 1 N–H and O–H groups in total. The van der Waals surface area contributed by atoms with Gasteiger partial charge < -0.3 is 10.1 Å². The predicted octanol–water partition coefficient (Wildman–Crippen LogP) is 3.30. The van der Waals surface area contributed by atoms with Crippen LogP contribution in [0.1, 0.15) is 15.9 Å². The maximum Gasteiger partial charge on any atom is 0.271 e. The molecule has 22 heavy (non-hydrogen) atoms. The molecule has 2 rings (SSSR count). The summed E-state index contributed by atoms with van der Waals surface area (Å²) >= 11 is 0. The molecule has 2 aromatic rings. The molecule has 0 fully saturated rings. The third-order valence-electron chi connectivity index (χ3n) is 3.09. The average molecular weight is 304 g/mol. The number of carbonyl (C=O) groups excluding carboxylic acids is 1. The Morgan fingerprint density at radius 1 is 1.27 bits per heavy atom. The molecular weight excluding hydrogens is 291 g/mol. The Hall–Kier alpha value is -2.96. The number of non-ortho nitro benzene ring substituents is 1. The lowest BCUT2D eigenvalue weighted by Gasteiger charge is -2.11. The van der Waals surface area contributed by atoms with Gasteiger partial charge in [-0.3, -0.25) is 14.9 Å². The molecule has 7 heteroatoms. The number of hydrogen-bond acceptors (Lipinski definition) is 4. The van der Waals surface area contributed by atoms with Crippen molar-refractivity contribution < 1.29 is 18.8 Å². The summed E-state index contributed by atoms with van der Waals surface area (Å²) in [6.07, 6.45) is 0. The van der Waals surface area contributed by atoms with E-state index in [1.54, 1.807) is 6.92 Å². The van der Waals surface area contributed by atoms with Crippen molar-refractivity contribution in [3.8, 4) is 5.75 Å². The summed E-state index contributed by atoms with van der Waals surface area (Å²) in [6.45, 7) is 1.70. The minimum absolute atomic E-state index is 0.00778. The Morgan fingerprint density at radius 3 is 2.64 bits per heavy atom. The van der Waals surface area contributed by atoms with E-state index in [4.69, 9.17) is 4.74 Å². The van der Waals surface area contributed by atoms with Gasteiger partial charge in [-0.2, -0.15) is 0 Å². The number of nitro benzene ring substituents is 1. The summed E-state index contributed by atoms with van der Waals surface area (Å²) in [7, 11) is 1.36. The van der Waals surface area contributed by atoms with Gasteiger partial charge in [0.1, 0.15) is 11.6 Å². The van der Waals surface area contributed by atoms with E-state index < -0.39 is 16.6 Å². The zero-order chi connectivity index (χ0) is 16.3. The molecule has 0 saturated carbocycles. The van der Waals surface area contributed by atoms with Crippen LogP contribution in [0.5, 0.6) is 5.75 Å². The number of carbonyl (C=O) groups is 1. The van der Waals surface area contributed by atoms with Crippen molar-refractivity contribution in [1.29, 1.82) is 0 Å². The highest BCUT2D eigenvalue weighted by Crippen LogP contribution is 2.25. The zero-order valence-corrected chi connectivity index (χ0v) is 11.9. The topological polar surface area (TPSA) is 81.5 Å². The highest BCUT2D eigenvalue weighted by atomic mass is 19.1. The van der Waals surface area contributed by atoms with Crippen molar-refractivity contribution in [2.75, 3.05) is 12.4 Å². The first-order valence-electron chi connectivity index (χ1n) is 6.32. The summed E-state index contributed by atoms with van der Waals surface area (Å²) in [4.78, 5) is 22.5. The van der Waals surface area contributed by atoms with Crippen LogP contribution in [0.15, 0.2) is 36.4 Å². The van der Waals surface area contributed by atoms with Crippen LogP contribution in [0.4, 0.5) is 15.8 Å². The van der Waals surface area contributed by atoms with Gasteiger partial charge in [-0.25, -0.2) is 4.39 Å². The molecule has 0 aliphatic rings. The standard InChI is InChI=1S/C15H13FN2O4/c1-9-3-5-11(18(20)21)8-13(9)17-15(19)12-7-10(16)4-6-14(12)22-2/h3-8H,1-2H3,(H,17,19). The van der Waals surface area contributed by atoms with Crippen LogP contribution >= 0.6 is 0 Å². The number of methoxy groups -OCH3 is 1. The molecule has 0 heterocycles. The fraction of sp³-hybridized carbons (Fsp3) is 0.133. The van der Waals surface area contributed by atoms with Crippen LogP contribution in [-0.4, -0.2) is 17.9 Å². The first kappa shape index (κ1) is 15.4. The van der Waals surface area contributed by atoms with E-state index in [1.807, 2.05) is 0 Å². The van der Waals surface area contributed by atoms with Crippen LogP contribution in [0.3, 0.4) is 0 Å². The smallest absolute Gasteiger partial charge is 0.271 e. The van der Waals surface area contributed by atoms with Gasteiger partial charge in [-0.05, 0) is 30.7 Å². The number of hydrogen-bond donors (Lipinski definition) is 1. The zero-order valence-electron chi connectivity index (χ0n) is 11.9. The van der Waals surface area contributed by atoms with Crippen molar-refractivity contribution in [3.63, 3.8) is 0 Å². The molecule has 0 saturated heterocycles. The van der Waals surface area contributed by atoms with Crippen molar-refractivity contribution in [2.45, 2.75) is 6.92 Å². The predicted molar refractivity (Wildman–Crippen MR) is 78.7 cm³/mol. The molecule has 0 radical (unpaired) electrons. The number of benzene rings is 2. The van der Waals surface area contributed by atoms with E-state index in [0.29, 0.717) is 5.56 Å². The monoisotopic (exact) mass is 304 g/mol. The summed E-state index contributed by atoms with van der Waals surface area (Å²) in [5.74, 6) is -0.983. The Morgan fingerprint density at radius 2 is 2.00 bits per heavy atom. The van der Waals surface area contributed by atoms with Gasteiger partial charge in [0.15, 0.2) is 0 Å². The number of halogens is 1. The third-order valence-corrected chi connectivity index (χ3v) is 3.09. The van der Waals surface area contributed by atoms with Crippen LogP contribution in [0, 0.1) is 22.9 Å². The summed E-state index contributed by atoms with van der Waals surface area (Å²) in [6, 6.07) is 7.67. The number of amides is 1. The molecule has 0 unspecified atom stereocenters. The molecule has 0 bridgehead atoms. The maximum absolute atomic E-state index is 13.3. The Balaban J connectivity index is 2.35. The first-order valence-corrected chi connectivity index (χ1v) is 6.32. The average Bonchev–Trinajstić information content (AvgIpc) is 2.49. The minimum Gasteiger partial charge on any atom is -0.496 e. The van der Waals surface area contributed by atoms with Crippen LogP contribution in [0.2, 0.25) is 0 Å². The number of anilines is 1. The number of aryl methyl sites for hydroxylation is 1. The minimum atomic E-state index is -0.611. The third kappa shape index (κ3) is 3.20. The molecular formula is C15H13FN2O4. The second-order valence-electron chi connectivity index (χ2n) is 4.56. The van der Waals surface area contributed by atoms with Crippen LogP contribution < -0.4 is 10.1 Å². The second-order valence-corrected chi connectivity index (χ2v) is 4.56. The van der Waals surface area contributed by atoms with E-state index in [2.05, 4.69) is 5.32 Å². The number of nitro groups is 1. The SMILES string of the molecule is COc1ccc(F)cc1C(=O)Nc1cc([N+](=O)[O-])ccc1C. The Kier molecular flexibility index (Phi) is 4.36. The number of nitrogens with zero attached hydrogens (tertiary/aromatic N) is 1. The molecule has 114 valence electrons. The fourth-order valence-electron chi connectivity index (χ4n) is 1.91. The lowest BCUT2D eigenvalue weighted by Crippen LogP contribution is -2.14. The van der Waals surface area contributed by atoms with Crippen molar-refractivity contribution in [1.82, 2.24) is 0 Å². The quantitative estimate of drug-likeness (QED) is 0.694. The normalized spacial score (nSPS) is 10.1. The first-order chi connectivity index (χ1) is 10.4. The molecule has 0 aliphatic carbocycles. The highest BCUT2D eigenvalue weighted by molar-refractivity contribution is 6.06. The Bertz CT molecular complexity index is 746. The lowest BCUT2D eigenvalue weighted by atomic mass is 10.1. The van der Waals surface area contributed by atoms with Gasteiger partial charge in [0, 0.05) is 12.1 Å². The molecule has 2 aromatic carbocycles. The number of ether oxygens (including phenoxy) is 1. The van der Waals surface area contributed by atoms with E-state index in [9.17, 15) is 19.3 Å². The van der Waals surface area contributed by atoms with Gasteiger partial charge in [0.05, 0.1) is 23.3 Å². The second kappa shape index (κ2) is 6.21. The van der Waals surface area contributed by atoms with Gasteiger partial charge in [0.2, 0.25) is 0 Å². The van der Waals surface area contributed by atoms with Gasteiger partial charge in [0.25, 0.3) is 11.6 Å². The van der Waals surface area contributed by atoms with Gasteiger partial charge >= 0.3 is 0 Å². The summed E-state index contributed by atoms with van der Waals surface area (Å²) in [5, 5.41) is 13.3. The highest BCUT2D eigenvalue weighted by Gasteiger charge is 2.16. The number of nitrogens with one attached hydrogen (secondary N) is 1. The largest absolute Gasteiger partial charge is 0.496 e. The van der Waals surface area contributed by atoms with E-state index in [0.717, 1.165) is 6.07 Å². The van der Waals surface area contributed by atoms with Crippen molar-refractivity contribution >= 4 is 17.3 Å². The molecule has 6 nitrogen and oxygen atoms in total. The molecule has 0 atom stereocenters. The van der Waals surface area contributed by atoms with E-state index in [-0.39, 0.29) is 22.7 Å². The summed E-state index contributed by atoms with van der Waals surface area (Å²) in [5.41, 5.74) is 0.792. The molecule has 0 aromatic heterocycles. The van der Waals surface area contributed by atoms with E-state index >= 15 is 0 Å². The van der Waals surface area contributed by atoms with Gasteiger partial charge in [-0.1, -0.05) is 6.07 Å². The van der Waals surface area contributed by atoms with Crippen LogP contribution in [-0.2, 0) is 0 Å². The maximum atomic E-state index is 13.3. The van der Waals surface area contributed by atoms with Crippen molar-refractivity contribution in [3.05, 3.63) is 63.5 Å². The van der Waals surface area contributed by atoms with Crippen molar-refractivity contribution in [2.24, 2.45) is 0 Å². The number of rotatable bonds is 4.